The van der Waals surface area contributed by atoms with Crippen LogP contribution in [0.5, 0.6) is 5.75 Å². The summed E-state index contributed by atoms with van der Waals surface area (Å²) in [7, 11) is 0. The summed E-state index contributed by atoms with van der Waals surface area (Å²) < 4.78 is 6.35. The highest BCUT2D eigenvalue weighted by Crippen LogP contribution is 2.42. The molecule has 16 heavy (non-hydrogen) atoms. The van der Waals surface area contributed by atoms with Crippen LogP contribution >= 0.6 is 27.5 Å². The smallest absolute Gasteiger partial charge is 0.134 e. The van der Waals surface area contributed by atoms with Crippen molar-refractivity contribution in [3.05, 3.63) is 33.5 Å². The summed E-state index contributed by atoms with van der Waals surface area (Å²) in [5, 5.41) is 12.0. The molecule has 1 aromatic heterocycles. The van der Waals surface area contributed by atoms with Crippen molar-refractivity contribution in [2.75, 3.05) is 6.61 Å². The lowest BCUT2D eigenvalue weighted by atomic mass is 10.1. The third-order valence-electron chi connectivity index (χ3n) is 2.66. The van der Waals surface area contributed by atoms with Gasteiger partial charge in [0.25, 0.3) is 0 Å². The van der Waals surface area contributed by atoms with Crippen molar-refractivity contribution in [2.24, 2.45) is 0 Å². The third kappa shape index (κ3) is 1.41. The van der Waals surface area contributed by atoms with Crippen molar-refractivity contribution in [1.29, 1.82) is 0 Å². The van der Waals surface area contributed by atoms with E-state index in [0.717, 1.165) is 20.8 Å². The first-order chi connectivity index (χ1) is 7.66. The molecule has 1 aliphatic heterocycles. The number of rotatable bonds is 0. The van der Waals surface area contributed by atoms with Crippen LogP contribution in [-0.4, -0.2) is 16.7 Å². The van der Waals surface area contributed by atoms with E-state index in [-0.39, 0.29) is 0 Å². The van der Waals surface area contributed by atoms with Crippen LogP contribution in [0.1, 0.15) is 11.7 Å². The van der Waals surface area contributed by atoms with Crippen molar-refractivity contribution in [2.45, 2.75) is 6.10 Å². The molecule has 0 spiro atoms. The van der Waals surface area contributed by atoms with E-state index in [0.29, 0.717) is 17.5 Å². The number of pyridine rings is 1. The predicted octanol–water partition coefficient (Wildman–Crippen LogP) is 3.08. The first-order valence-corrected chi connectivity index (χ1v) is 5.92. The average Bonchev–Trinajstić information content (AvgIpc) is 2.61. The zero-order chi connectivity index (χ0) is 11.3. The number of aliphatic hydroxyl groups is 1. The molecule has 2 heterocycles. The van der Waals surface area contributed by atoms with E-state index in [1.807, 2.05) is 6.07 Å². The van der Waals surface area contributed by atoms with Crippen molar-refractivity contribution >= 4 is 38.3 Å². The first kappa shape index (κ1) is 10.3. The number of ether oxygens (including phenoxy) is 1. The number of hydrogen-bond donors (Lipinski definition) is 1. The molecule has 0 amide bonds. The molecule has 3 rings (SSSR count). The van der Waals surface area contributed by atoms with Crippen LogP contribution in [0.4, 0.5) is 0 Å². The van der Waals surface area contributed by atoms with E-state index in [1.54, 1.807) is 12.3 Å². The van der Waals surface area contributed by atoms with Gasteiger partial charge in [-0.15, -0.1) is 0 Å². The molecule has 1 unspecified atom stereocenters. The first-order valence-electron chi connectivity index (χ1n) is 4.75. The van der Waals surface area contributed by atoms with E-state index in [9.17, 15) is 5.11 Å². The van der Waals surface area contributed by atoms with Gasteiger partial charge >= 0.3 is 0 Å². The molecule has 3 nitrogen and oxygen atoms in total. The highest BCUT2D eigenvalue weighted by Gasteiger charge is 2.25. The summed E-state index contributed by atoms with van der Waals surface area (Å²) in [6, 6.07) is 3.64. The number of halogens is 2. The van der Waals surface area contributed by atoms with Crippen molar-refractivity contribution in [3.63, 3.8) is 0 Å². The van der Waals surface area contributed by atoms with Crippen LogP contribution in [0.2, 0.25) is 5.15 Å². The highest BCUT2D eigenvalue weighted by atomic mass is 79.9. The molecule has 0 bridgehead atoms. The number of aliphatic hydroxyl groups excluding tert-OH is 1. The number of benzene rings is 1. The normalized spacial score (nSPS) is 18.6. The summed E-state index contributed by atoms with van der Waals surface area (Å²) in [4.78, 5) is 4.03. The molecule has 1 aromatic carbocycles. The Balaban J connectivity index is 2.41. The summed E-state index contributed by atoms with van der Waals surface area (Å²) in [6.07, 6.45) is 1.10. The van der Waals surface area contributed by atoms with Gasteiger partial charge in [-0.3, -0.25) is 0 Å². The third-order valence-corrected chi connectivity index (χ3v) is 3.52. The van der Waals surface area contributed by atoms with Gasteiger partial charge in [0.1, 0.15) is 23.6 Å². The van der Waals surface area contributed by atoms with Crippen LogP contribution in [-0.2, 0) is 0 Å². The number of hydrogen-bond acceptors (Lipinski definition) is 3. The van der Waals surface area contributed by atoms with E-state index in [4.69, 9.17) is 16.3 Å². The summed E-state index contributed by atoms with van der Waals surface area (Å²) in [5.41, 5.74) is 0.795. The maximum absolute atomic E-state index is 9.73. The van der Waals surface area contributed by atoms with Gasteiger partial charge in [0.05, 0.1) is 0 Å². The second kappa shape index (κ2) is 3.58. The molecule has 2 aromatic rings. The molecule has 0 saturated carbocycles. The Morgan fingerprint density at radius 2 is 2.25 bits per heavy atom. The molecule has 0 radical (unpaired) electrons. The molecule has 1 aliphatic rings. The van der Waals surface area contributed by atoms with Crippen molar-refractivity contribution < 1.29 is 9.84 Å². The Bertz CT molecular complexity index is 588. The van der Waals surface area contributed by atoms with Crippen LogP contribution in [0, 0.1) is 0 Å². The van der Waals surface area contributed by atoms with Crippen LogP contribution < -0.4 is 4.74 Å². The SMILES string of the molecule is OC1COc2c1cc(Br)c1cc(Cl)ncc21. The molecular weight excluding hydrogens is 293 g/mol. The average molecular weight is 301 g/mol. The van der Waals surface area contributed by atoms with Gasteiger partial charge in [-0.1, -0.05) is 27.5 Å². The quantitative estimate of drug-likeness (QED) is 0.760. The Hall–Kier alpha value is -0.840. The van der Waals surface area contributed by atoms with Crippen molar-refractivity contribution in [1.82, 2.24) is 4.98 Å². The number of fused-ring (bicyclic) bond motifs is 3. The fraction of sp³-hybridized carbons (Fsp3) is 0.182. The minimum absolute atomic E-state index is 0.295. The zero-order valence-corrected chi connectivity index (χ0v) is 10.4. The Labute approximate surface area is 105 Å². The lowest BCUT2D eigenvalue weighted by Gasteiger charge is -2.07. The number of aromatic nitrogens is 1. The summed E-state index contributed by atoms with van der Waals surface area (Å²) in [6.45, 7) is 0.295. The standard InChI is InChI=1S/C11H7BrClNO2/c12-8-1-6-9(15)4-16-11(6)7-3-14-10(13)2-5(7)8/h1-3,9,15H,4H2. The fourth-order valence-corrected chi connectivity index (χ4v) is 2.64. The predicted molar refractivity (Wildman–Crippen MR) is 64.9 cm³/mol. The molecular formula is C11H7BrClNO2. The number of nitrogens with zero attached hydrogens (tertiary/aromatic N) is 1. The molecule has 0 fully saturated rings. The van der Waals surface area contributed by atoms with Gasteiger partial charge in [-0.05, 0) is 12.1 Å². The largest absolute Gasteiger partial charge is 0.489 e. The lowest BCUT2D eigenvalue weighted by Crippen LogP contribution is -1.97. The van der Waals surface area contributed by atoms with Gasteiger partial charge in [0, 0.05) is 27.0 Å². The van der Waals surface area contributed by atoms with Gasteiger partial charge < -0.3 is 9.84 Å². The maximum Gasteiger partial charge on any atom is 0.134 e. The van der Waals surface area contributed by atoms with Gasteiger partial charge in [0.2, 0.25) is 0 Å². The fourth-order valence-electron chi connectivity index (χ4n) is 1.90. The lowest BCUT2D eigenvalue weighted by molar-refractivity contribution is 0.141. The van der Waals surface area contributed by atoms with E-state index >= 15 is 0 Å². The molecule has 82 valence electrons. The van der Waals surface area contributed by atoms with E-state index in [2.05, 4.69) is 20.9 Å². The topological polar surface area (TPSA) is 42.4 Å². The molecule has 0 aliphatic carbocycles. The van der Waals surface area contributed by atoms with E-state index in [1.165, 1.54) is 0 Å². The van der Waals surface area contributed by atoms with Crippen molar-refractivity contribution in [3.8, 4) is 5.75 Å². The Morgan fingerprint density at radius 1 is 1.44 bits per heavy atom. The minimum atomic E-state index is -0.564. The molecule has 0 saturated heterocycles. The molecule has 5 heteroatoms. The second-order valence-corrected chi connectivity index (χ2v) is 4.90. The minimum Gasteiger partial charge on any atom is -0.489 e. The van der Waals surface area contributed by atoms with Crippen LogP contribution in [0.3, 0.4) is 0 Å². The Morgan fingerprint density at radius 3 is 3.06 bits per heavy atom. The zero-order valence-electron chi connectivity index (χ0n) is 8.08. The molecule has 1 atom stereocenters. The monoisotopic (exact) mass is 299 g/mol. The van der Waals surface area contributed by atoms with Gasteiger partial charge in [-0.25, -0.2) is 4.98 Å². The summed E-state index contributed by atoms with van der Waals surface area (Å²) in [5.74, 6) is 0.704. The van der Waals surface area contributed by atoms with Gasteiger partial charge in [0.15, 0.2) is 0 Å². The van der Waals surface area contributed by atoms with Gasteiger partial charge in [-0.2, -0.15) is 0 Å². The second-order valence-electron chi connectivity index (χ2n) is 3.66. The van der Waals surface area contributed by atoms with Crippen LogP contribution in [0.25, 0.3) is 10.8 Å². The summed E-state index contributed by atoms with van der Waals surface area (Å²) >= 11 is 9.31. The van der Waals surface area contributed by atoms with Crippen LogP contribution in [0.15, 0.2) is 22.8 Å². The Kier molecular flexibility index (Phi) is 2.31. The van der Waals surface area contributed by atoms with E-state index < -0.39 is 6.10 Å². The molecule has 1 N–H and O–H groups in total. The highest BCUT2D eigenvalue weighted by molar-refractivity contribution is 9.10. The maximum atomic E-state index is 9.73.